The van der Waals surface area contributed by atoms with Crippen molar-refractivity contribution in [1.82, 2.24) is 4.90 Å². The van der Waals surface area contributed by atoms with Gasteiger partial charge in [-0.2, -0.15) is 0 Å². The summed E-state index contributed by atoms with van der Waals surface area (Å²) in [4.78, 5) is 26.0. The van der Waals surface area contributed by atoms with Gasteiger partial charge in [0.1, 0.15) is 0 Å². The van der Waals surface area contributed by atoms with Gasteiger partial charge < -0.3 is 4.90 Å². The molecule has 1 aromatic rings. The number of hydrogen-bond acceptors (Lipinski definition) is 2. The molecule has 0 atom stereocenters. The first-order chi connectivity index (χ1) is 8.34. The number of hydrogen-bond donors (Lipinski definition) is 0. The Morgan fingerprint density at radius 3 is 2.50 bits per heavy atom. The molecule has 3 nitrogen and oxygen atoms in total. The Labute approximate surface area is 108 Å². The van der Waals surface area contributed by atoms with Crippen LogP contribution in [0.25, 0.3) is 0 Å². The largest absolute Gasteiger partial charge is 0.326 e. The number of amides is 1. The number of carbonyl (C=O) groups is 2. The Morgan fingerprint density at radius 1 is 1.28 bits per heavy atom. The third-order valence-electron chi connectivity index (χ3n) is 3.79. The van der Waals surface area contributed by atoms with Crippen molar-refractivity contribution >= 4 is 11.7 Å². The van der Waals surface area contributed by atoms with E-state index < -0.39 is 5.54 Å². The van der Waals surface area contributed by atoms with E-state index in [1.54, 1.807) is 4.90 Å². The zero-order valence-electron chi connectivity index (χ0n) is 11.4. The van der Waals surface area contributed by atoms with Gasteiger partial charge in [0.25, 0.3) is 5.91 Å². The van der Waals surface area contributed by atoms with Gasteiger partial charge in [0.2, 0.25) is 0 Å². The fourth-order valence-corrected chi connectivity index (χ4v) is 2.42. The molecule has 1 fully saturated rings. The van der Waals surface area contributed by atoms with Crippen LogP contribution < -0.4 is 0 Å². The molecule has 0 aromatic heterocycles. The average molecular weight is 245 g/mol. The van der Waals surface area contributed by atoms with Crippen LogP contribution in [-0.2, 0) is 4.79 Å². The molecule has 0 spiro atoms. The second-order valence-electron chi connectivity index (χ2n) is 5.51. The molecule has 0 radical (unpaired) electrons. The molecular formula is C15H19NO2. The Balaban J connectivity index is 2.38. The molecular weight excluding hydrogens is 226 g/mol. The fourth-order valence-electron chi connectivity index (χ4n) is 2.42. The molecule has 0 aliphatic carbocycles. The maximum absolute atomic E-state index is 12.6. The van der Waals surface area contributed by atoms with Crippen LogP contribution in [0.2, 0.25) is 0 Å². The van der Waals surface area contributed by atoms with E-state index in [2.05, 4.69) is 0 Å². The van der Waals surface area contributed by atoms with Crippen LogP contribution in [0.3, 0.4) is 0 Å². The highest BCUT2D eigenvalue weighted by atomic mass is 16.2. The van der Waals surface area contributed by atoms with Gasteiger partial charge >= 0.3 is 0 Å². The number of Topliss-reactive ketones (excluding diaryl/α,β-unsaturated/α-hetero) is 1. The van der Waals surface area contributed by atoms with E-state index in [4.69, 9.17) is 0 Å². The van der Waals surface area contributed by atoms with Crippen LogP contribution in [0.15, 0.2) is 18.2 Å². The molecule has 2 rings (SSSR count). The van der Waals surface area contributed by atoms with Crippen LogP contribution in [0.5, 0.6) is 0 Å². The number of likely N-dealkylation sites (tertiary alicyclic amines) is 1. The lowest BCUT2D eigenvalue weighted by molar-refractivity contribution is -0.123. The van der Waals surface area contributed by atoms with Gasteiger partial charge in [-0.3, -0.25) is 9.59 Å². The van der Waals surface area contributed by atoms with Gasteiger partial charge in [0.05, 0.1) is 5.54 Å². The first kappa shape index (κ1) is 12.8. The summed E-state index contributed by atoms with van der Waals surface area (Å²) in [6, 6.07) is 5.84. The summed E-state index contributed by atoms with van der Waals surface area (Å²) in [6.07, 6.45) is 0.462. The predicted molar refractivity (Wildman–Crippen MR) is 70.7 cm³/mol. The maximum Gasteiger partial charge on any atom is 0.254 e. The molecule has 18 heavy (non-hydrogen) atoms. The number of carbonyl (C=O) groups excluding carboxylic acids is 2. The molecule has 1 aliphatic heterocycles. The zero-order chi connectivity index (χ0) is 13.5. The maximum atomic E-state index is 12.6. The van der Waals surface area contributed by atoms with Gasteiger partial charge in [-0.05, 0) is 39.3 Å². The molecule has 0 N–H and O–H groups in total. The molecule has 1 heterocycles. The Kier molecular flexibility index (Phi) is 3.01. The first-order valence-electron chi connectivity index (χ1n) is 6.26. The van der Waals surface area contributed by atoms with E-state index in [1.807, 2.05) is 45.9 Å². The molecule has 1 aliphatic rings. The highest BCUT2D eigenvalue weighted by molar-refractivity contribution is 6.02. The van der Waals surface area contributed by atoms with E-state index in [-0.39, 0.29) is 11.7 Å². The molecule has 1 aromatic carbocycles. The summed E-state index contributed by atoms with van der Waals surface area (Å²) in [7, 11) is 0. The minimum Gasteiger partial charge on any atom is -0.326 e. The zero-order valence-corrected chi connectivity index (χ0v) is 11.4. The second kappa shape index (κ2) is 4.23. The summed E-state index contributed by atoms with van der Waals surface area (Å²) in [6.45, 7) is 8.07. The SMILES string of the molecule is Cc1ccc(C)c(C(=O)N2CCC(=O)C2(C)C)c1. The monoisotopic (exact) mass is 245 g/mol. The van der Waals surface area contributed by atoms with Crippen molar-refractivity contribution in [3.63, 3.8) is 0 Å². The van der Waals surface area contributed by atoms with Crippen molar-refractivity contribution in [3.05, 3.63) is 34.9 Å². The standard InChI is InChI=1S/C15H19NO2/c1-10-5-6-11(2)12(9-10)14(18)16-8-7-13(17)15(16,3)4/h5-6,9H,7-8H2,1-4H3. The van der Waals surface area contributed by atoms with Crippen molar-refractivity contribution in [2.45, 2.75) is 39.7 Å². The molecule has 0 unspecified atom stereocenters. The fraction of sp³-hybridized carbons (Fsp3) is 0.467. The number of ketones is 1. The first-order valence-corrected chi connectivity index (χ1v) is 6.26. The third kappa shape index (κ3) is 1.94. The summed E-state index contributed by atoms with van der Waals surface area (Å²) < 4.78 is 0. The lowest BCUT2D eigenvalue weighted by Gasteiger charge is -2.30. The topological polar surface area (TPSA) is 37.4 Å². The van der Waals surface area contributed by atoms with Gasteiger partial charge in [0.15, 0.2) is 5.78 Å². The van der Waals surface area contributed by atoms with E-state index in [0.717, 1.165) is 11.1 Å². The van der Waals surface area contributed by atoms with E-state index in [0.29, 0.717) is 18.5 Å². The van der Waals surface area contributed by atoms with Crippen LogP contribution >= 0.6 is 0 Å². The highest BCUT2D eigenvalue weighted by Crippen LogP contribution is 2.27. The second-order valence-corrected chi connectivity index (χ2v) is 5.51. The number of rotatable bonds is 1. The quantitative estimate of drug-likeness (QED) is 0.762. The van der Waals surface area contributed by atoms with Crippen molar-refractivity contribution in [1.29, 1.82) is 0 Å². The number of benzene rings is 1. The summed E-state index contributed by atoms with van der Waals surface area (Å²) in [5.74, 6) is 0.105. The van der Waals surface area contributed by atoms with Crippen molar-refractivity contribution in [2.24, 2.45) is 0 Å². The highest BCUT2D eigenvalue weighted by Gasteiger charge is 2.43. The van der Waals surface area contributed by atoms with Gasteiger partial charge in [-0.15, -0.1) is 0 Å². The van der Waals surface area contributed by atoms with Crippen molar-refractivity contribution < 1.29 is 9.59 Å². The van der Waals surface area contributed by atoms with E-state index in [1.165, 1.54) is 0 Å². The third-order valence-corrected chi connectivity index (χ3v) is 3.79. The number of aryl methyl sites for hydroxylation is 2. The van der Waals surface area contributed by atoms with Gasteiger partial charge in [0, 0.05) is 18.5 Å². The molecule has 0 saturated carbocycles. The summed E-state index contributed by atoms with van der Waals surface area (Å²) in [5.41, 5.74) is 2.05. The number of nitrogens with zero attached hydrogens (tertiary/aromatic N) is 1. The molecule has 3 heteroatoms. The van der Waals surface area contributed by atoms with E-state index >= 15 is 0 Å². The van der Waals surface area contributed by atoms with Gasteiger partial charge in [-0.1, -0.05) is 17.7 Å². The molecule has 1 saturated heterocycles. The lowest BCUT2D eigenvalue weighted by atomic mass is 9.98. The molecule has 96 valence electrons. The Bertz CT molecular complexity index is 517. The van der Waals surface area contributed by atoms with E-state index in [9.17, 15) is 9.59 Å². The van der Waals surface area contributed by atoms with Gasteiger partial charge in [-0.25, -0.2) is 0 Å². The van der Waals surface area contributed by atoms with Crippen LogP contribution in [0, 0.1) is 13.8 Å². The minimum absolute atomic E-state index is 0.0351. The summed E-state index contributed by atoms with van der Waals surface area (Å²) in [5, 5.41) is 0. The predicted octanol–water partition coefficient (Wildman–Crippen LogP) is 2.50. The lowest BCUT2D eigenvalue weighted by Crippen LogP contribution is -2.46. The normalized spacial score (nSPS) is 18.2. The molecule has 1 amide bonds. The van der Waals surface area contributed by atoms with Crippen LogP contribution in [-0.4, -0.2) is 28.7 Å². The minimum atomic E-state index is -0.673. The van der Waals surface area contributed by atoms with Crippen molar-refractivity contribution in [3.8, 4) is 0 Å². The van der Waals surface area contributed by atoms with Crippen molar-refractivity contribution in [2.75, 3.05) is 6.54 Å². The van der Waals surface area contributed by atoms with Crippen LogP contribution in [0.1, 0.15) is 41.8 Å². The summed E-state index contributed by atoms with van der Waals surface area (Å²) >= 11 is 0. The average Bonchev–Trinajstić information content (AvgIpc) is 2.57. The Hall–Kier alpha value is -1.64. The smallest absolute Gasteiger partial charge is 0.254 e. The molecule has 0 bridgehead atoms. The van der Waals surface area contributed by atoms with Crippen LogP contribution in [0.4, 0.5) is 0 Å². The Morgan fingerprint density at radius 2 is 1.94 bits per heavy atom.